The molecule has 0 aromatic carbocycles. The van der Waals surface area contributed by atoms with Crippen molar-refractivity contribution in [1.29, 1.82) is 0 Å². The highest BCUT2D eigenvalue weighted by Gasteiger charge is 2.52. The maximum atomic E-state index is 12.4. The summed E-state index contributed by atoms with van der Waals surface area (Å²) >= 11 is 10.3. The topological polar surface area (TPSA) is 261 Å². The average molecular weight is 668 g/mol. The Morgan fingerprint density at radius 2 is 1.60 bits per heavy atom. The molecule has 0 saturated carbocycles. The lowest BCUT2D eigenvalue weighted by atomic mass is 10.1. The van der Waals surface area contributed by atoms with E-state index in [1.165, 1.54) is 17.2 Å². The molecule has 3 aromatic rings. The monoisotopic (exact) mass is 667 g/mol. The molecule has 3 aliphatic rings. The number of hydrogen-bond acceptors (Lipinski definition) is 16. The van der Waals surface area contributed by atoms with Crippen molar-refractivity contribution in [3.63, 3.8) is 0 Å². The summed E-state index contributed by atoms with van der Waals surface area (Å²) < 4.78 is 36.1. The molecular weight excluding hydrogens is 644 g/mol. The molecule has 42 heavy (non-hydrogen) atoms. The molecule has 19 nitrogen and oxygen atoms in total. The Labute approximate surface area is 244 Å². The van der Waals surface area contributed by atoms with Crippen LogP contribution in [0.4, 0.5) is 5.82 Å². The molecule has 3 saturated heterocycles. The van der Waals surface area contributed by atoms with Crippen molar-refractivity contribution in [1.82, 2.24) is 29.1 Å². The van der Waals surface area contributed by atoms with Crippen LogP contribution in [0.3, 0.4) is 0 Å². The summed E-state index contributed by atoms with van der Waals surface area (Å²) in [4.78, 5) is 60.0. The van der Waals surface area contributed by atoms with Crippen molar-refractivity contribution in [2.24, 2.45) is 0 Å². The quantitative estimate of drug-likeness (QED) is 0.157. The number of hydrogen-bond donors (Lipinski definition) is 6. The summed E-state index contributed by atoms with van der Waals surface area (Å²) in [5, 5.41) is 22.1. The molecule has 6 rings (SSSR count). The van der Waals surface area contributed by atoms with Gasteiger partial charge in [-0.2, -0.15) is 0 Å². The fourth-order valence-electron chi connectivity index (χ4n) is 4.79. The van der Waals surface area contributed by atoms with Gasteiger partial charge < -0.3 is 44.3 Å². The molecule has 3 fully saturated rings. The van der Waals surface area contributed by atoms with Crippen LogP contribution < -0.4 is 17.0 Å². The van der Waals surface area contributed by atoms with Crippen LogP contribution in [0.5, 0.6) is 0 Å². The van der Waals surface area contributed by atoms with Gasteiger partial charge >= 0.3 is 19.1 Å². The normalized spacial score (nSPS) is 39.3. The minimum atomic E-state index is -4.23. The molecule has 10 atom stereocenters. The van der Waals surface area contributed by atoms with Gasteiger partial charge in [-0.25, -0.2) is 19.7 Å². The summed E-state index contributed by atoms with van der Waals surface area (Å²) in [7, 11) is 0. The van der Waals surface area contributed by atoms with Crippen molar-refractivity contribution in [2.45, 2.75) is 49.1 Å². The van der Waals surface area contributed by atoms with Gasteiger partial charge in [0, 0.05) is 12.3 Å². The molecule has 23 heteroatoms. The zero-order valence-corrected chi connectivity index (χ0v) is 24.3. The van der Waals surface area contributed by atoms with Crippen molar-refractivity contribution in [2.75, 3.05) is 18.9 Å². The molecule has 3 aromatic heterocycles. The second-order valence-electron chi connectivity index (χ2n) is 9.38. The van der Waals surface area contributed by atoms with Crippen LogP contribution in [-0.4, -0.2) is 98.9 Å². The van der Waals surface area contributed by atoms with Gasteiger partial charge in [-0.3, -0.25) is 28.0 Å². The number of nitrogen functional groups attached to an aromatic ring is 1. The predicted molar refractivity (Wildman–Crippen MR) is 146 cm³/mol. The molecule has 0 amide bonds. The molecule has 0 spiro atoms. The first-order chi connectivity index (χ1) is 19.8. The number of nitrogens with two attached hydrogens (primary N) is 1. The molecule has 0 aliphatic carbocycles. The maximum Gasteiger partial charge on any atom is 0.330 e. The van der Waals surface area contributed by atoms with Gasteiger partial charge in [-0.1, -0.05) is 0 Å². The van der Waals surface area contributed by atoms with E-state index in [0.29, 0.717) is 0 Å². The van der Waals surface area contributed by atoms with Crippen molar-refractivity contribution < 1.29 is 47.6 Å². The molecule has 6 heterocycles. The summed E-state index contributed by atoms with van der Waals surface area (Å²) in [5.74, 6) is 0.0900. The number of aromatic nitrogens is 6. The van der Waals surface area contributed by atoms with Gasteiger partial charge in [-0.15, -0.1) is 0 Å². The summed E-state index contributed by atoms with van der Waals surface area (Å²) in [6.45, 7) is -9.54. The number of imidazole rings is 1. The third kappa shape index (κ3) is 5.62. The zero-order chi connectivity index (χ0) is 30.0. The van der Waals surface area contributed by atoms with E-state index in [2.05, 4.69) is 15.0 Å². The molecule has 2 unspecified atom stereocenters. The van der Waals surface area contributed by atoms with Gasteiger partial charge in [0.15, 0.2) is 23.9 Å². The number of rotatable bonds is 2. The molecule has 228 valence electrons. The lowest BCUT2D eigenvalue weighted by molar-refractivity contribution is -0.0629. The number of aliphatic hydroxyl groups is 2. The largest absolute Gasteiger partial charge is 0.387 e. The highest BCUT2D eigenvalue weighted by atomic mass is 32.5. The zero-order valence-electron chi connectivity index (χ0n) is 20.9. The Kier molecular flexibility index (Phi) is 7.95. The number of ether oxygens (including phenoxy) is 2. The average Bonchev–Trinajstić information content (AvgIpc) is 3.57. The molecule has 0 radical (unpaired) electrons. The van der Waals surface area contributed by atoms with E-state index in [-0.39, 0.29) is 17.0 Å². The van der Waals surface area contributed by atoms with E-state index < -0.39 is 87.0 Å². The van der Waals surface area contributed by atoms with E-state index >= 15 is 0 Å². The van der Waals surface area contributed by atoms with Crippen LogP contribution in [-0.2, 0) is 51.2 Å². The van der Waals surface area contributed by atoms with E-state index in [9.17, 15) is 29.6 Å². The van der Waals surface area contributed by atoms with E-state index in [1.807, 2.05) is 4.98 Å². The third-order valence-electron chi connectivity index (χ3n) is 6.72. The first-order valence-electron chi connectivity index (χ1n) is 12.1. The second kappa shape index (κ2) is 11.1. The lowest BCUT2D eigenvalue weighted by Crippen LogP contribution is -2.39. The smallest absolute Gasteiger partial charge is 0.330 e. The van der Waals surface area contributed by atoms with Crippen LogP contribution in [0.25, 0.3) is 11.2 Å². The van der Waals surface area contributed by atoms with Gasteiger partial charge in [0.25, 0.3) is 5.56 Å². The number of nitrogens with zero attached hydrogens (tertiary/aromatic N) is 5. The van der Waals surface area contributed by atoms with Gasteiger partial charge in [0.1, 0.15) is 48.5 Å². The summed E-state index contributed by atoms with van der Waals surface area (Å²) in [6, 6.07) is 1.03. The van der Waals surface area contributed by atoms with Gasteiger partial charge in [0.2, 0.25) is 0 Å². The summed E-state index contributed by atoms with van der Waals surface area (Å²) in [6.07, 6.45) is -7.50. The highest BCUT2D eigenvalue weighted by molar-refractivity contribution is 8.07. The van der Waals surface area contributed by atoms with E-state index in [1.54, 1.807) is 0 Å². The Hall–Kier alpha value is -2.07. The Morgan fingerprint density at radius 1 is 0.929 bits per heavy atom. The van der Waals surface area contributed by atoms with Crippen LogP contribution in [0, 0.1) is 0 Å². The Balaban J connectivity index is 1.31. The van der Waals surface area contributed by atoms with Crippen molar-refractivity contribution in [3.05, 3.63) is 45.8 Å². The van der Waals surface area contributed by atoms with Crippen LogP contribution in [0.15, 0.2) is 34.5 Å². The van der Waals surface area contributed by atoms with E-state index in [4.69, 9.17) is 56.9 Å². The van der Waals surface area contributed by atoms with Crippen LogP contribution >= 0.6 is 13.4 Å². The highest BCUT2D eigenvalue weighted by Crippen LogP contribution is 2.53. The molecule has 3 aliphatic heterocycles. The molecular formula is C19H23N7O12P2S2. The predicted octanol–water partition coefficient (Wildman–Crippen LogP) is -2.27. The standard InChI is InChI=1S/C19H23N7O12P2S2/c20-15-10-16(22-5-21-15)26(6-23-10)17-12(29)13-8(36-17)4-34-40(32,42)38-14-11(28)7(3-33-39(31,41)37-13)35-18(14)25-2-1-9(27)24-19(25)30/h1-2,5-8,11-14,17-18,28-29H,3-4H2,(H,31,41)(H,32,42)(H2,20,21,22)(H,24,27,30)/t7-,8-,11-,12-,13-,14-,17-,18-,39?,40?/m1/s1. The number of fused-ring (bicyclic) bond motifs is 4. The van der Waals surface area contributed by atoms with E-state index in [0.717, 1.165) is 16.8 Å². The Bertz CT molecular complexity index is 1720. The van der Waals surface area contributed by atoms with Crippen LogP contribution in [0.1, 0.15) is 12.5 Å². The first-order valence-corrected chi connectivity index (χ1v) is 17.2. The number of nitrogens with one attached hydrogen (secondary N) is 1. The lowest BCUT2D eigenvalue weighted by Gasteiger charge is -2.28. The molecule has 7 N–H and O–H groups in total. The number of H-pyrrole nitrogens is 1. The molecule has 2 bridgehead atoms. The third-order valence-corrected chi connectivity index (χ3v) is 9.84. The van der Waals surface area contributed by atoms with Crippen molar-refractivity contribution >= 4 is 54.0 Å². The van der Waals surface area contributed by atoms with Crippen LogP contribution in [0.2, 0.25) is 0 Å². The van der Waals surface area contributed by atoms with Crippen molar-refractivity contribution in [3.8, 4) is 0 Å². The van der Waals surface area contributed by atoms with Gasteiger partial charge in [-0.05, 0) is 23.6 Å². The first kappa shape index (κ1) is 30.0. The minimum absolute atomic E-state index is 0.0900. The van der Waals surface area contributed by atoms with Gasteiger partial charge in [0.05, 0.1) is 19.5 Å². The second-order valence-corrected chi connectivity index (χ2v) is 15.0. The summed E-state index contributed by atoms with van der Waals surface area (Å²) in [5.41, 5.74) is 4.74. The number of aliphatic hydroxyl groups excluding tert-OH is 2. The SMILES string of the molecule is Nc1ncnc2c1ncn2[C@@H]1O[C@@H]2COP(O)(=S)O[C@@H]3[C@H](O)[C@@H](COP(O)(=S)O[C@H]2[C@H]1O)O[C@H]3n1ccc(=O)[nH]c1=O. The Morgan fingerprint density at radius 3 is 2.31 bits per heavy atom. The maximum absolute atomic E-state index is 12.4. The number of aromatic amines is 1. The fraction of sp³-hybridized carbons (Fsp3) is 0.526. The minimum Gasteiger partial charge on any atom is -0.387 e. The number of anilines is 1. The fourth-order valence-corrected chi connectivity index (χ4v) is 7.65.